The van der Waals surface area contributed by atoms with Crippen molar-refractivity contribution in [3.05, 3.63) is 0 Å². The van der Waals surface area contributed by atoms with Gasteiger partial charge < -0.3 is 11.1 Å². The van der Waals surface area contributed by atoms with Crippen LogP contribution < -0.4 is 11.1 Å². The lowest BCUT2D eigenvalue weighted by Crippen LogP contribution is -2.51. The van der Waals surface area contributed by atoms with Crippen LogP contribution in [-0.2, 0) is 4.79 Å². The zero-order valence-corrected chi connectivity index (χ0v) is 11.5. The third-order valence-electron chi connectivity index (χ3n) is 3.98. The number of likely N-dealkylation sites (tertiary alicyclic amines) is 1. The second-order valence-electron chi connectivity index (χ2n) is 4.98. The first-order valence-corrected chi connectivity index (χ1v) is 6.83. The first kappa shape index (κ1) is 15.0. The number of carbonyl (C=O) groups excluding carboxylic acids is 1. The maximum absolute atomic E-state index is 12.1. The molecule has 0 radical (unpaired) electrons. The Labute approximate surface area is 110 Å². The molecule has 4 nitrogen and oxygen atoms in total. The van der Waals surface area contributed by atoms with Crippen LogP contribution in [0.2, 0.25) is 0 Å². The summed E-state index contributed by atoms with van der Waals surface area (Å²) in [6.45, 7) is 5.99. The minimum atomic E-state index is -0.491. The summed E-state index contributed by atoms with van der Waals surface area (Å²) in [6, 6.07) is 0.347. The first-order valence-electron chi connectivity index (χ1n) is 6.83. The largest absolute Gasteiger partial charge is 0.339 e. The molecular formula is C14H25N3O. The number of rotatable bonds is 6. The highest BCUT2D eigenvalue weighted by atomic mass is 16.2. The highest BCUT2D eigenvalue weighted by Crippen LogP contribution is 2.17. The number of hydrogen-bond acceptors (Lipinski definition) is 3. The summed E-state index contributed by atoms with van der Waals surface area (Å²) < 4.78 is 0. The Balaban J connectivity index is 2.53. The number of carbonyl (C=O) groups is 1. The summed E-state index contributed by atoms with van der Waals surface area (Å²) >= 11 is 0. The zero-order chi connectivity index (χ0) is 13.6. The van der Waals surface area contributed by atoms with Crippen molar-refractivity contribution in [1.29, 1.82) is 0 Å². The molecule has 1 amide bonds. The lowest BCUT2D eigenvalue weighted by molar-refractivity contribution is -0.123. The molecule has 0 aromatic carbocycles. The van der Waals surface area contributed by atoms with E-state index in [1.807, 2.05) is 13.8 Å². The van der Waals surface area contributed by atoms with Gasteiger partial charge in [0.2, 0.25) is 5.91 Å². The average molecular weight is 251 g/mol. The zero-order valence-electron chi connectivity index (χ0n) is 11.5. The SMILES string of the molecule is C#CC(CC)(CC)NC(=O)CN1CCCC1CN. The molecular weight excluding hydrogens is 226 g/mol. The molecule has 1 aliphatic rings. The predicted octanol–water partition coefficient (Wildman–Crippen LogP) is 0.718. The summed E-state index contributed by atoms with van der Waals surface area (Å²) in [5.74, 6) is 2.73. The van der Waals surface area contributed by atoms with Gasteiger partial charge in [0.05, 0.1) is 6.54 Å². The van der Waals surface area contributed by atoms with Crippen LogP contribution in [-0.4, -0.2) is 42.0 Å². The van der Waals surface area contributed by atoms with Gasteiger partial charge in [-0.25, -0.2) is 0 Å². The van der Waals surface area contributed by atoms with Gasteiger partial charge in [-0.05, 0) is 32.2 Å². The minimum absolute atomic E-state index is 0.0111. The quantitative estimate of drug-likeness (QED) is 0.684. The average Bonchev–Trinajstić information content (AvgIpc) is 2.83. The van der Waals surface area contributed by atoms with Crippen LogP contribution in [0.1, 0.15) is 39.5 Å². The molecule has 1 saturated heterocycles. The van der Waals surface area contributed by atoms with Crippen molar-refractivity contribution in [2.45, 2.75) is 51.1 Å². The predicted molar refractivity (Wildman–Crippen MR) is 73.9 cm³/mol. The summed E-state index contributed by atoms with van der Waals surface area (Å²) in [6.07, 6.45) is 9.26. The van der Waals surface area contributed by atoms with Crippen LogP contribution in [0.25, 0.3) is 0 Å². The summed E-state index contributed by atoms with van der Waals surface area (Å²) in [7, 11) is 0. The molecule has 1 heterocycles. The van der Waals surface area contributed by atoms with Gasteiger partial charge in [0.25, 0.3) is 0 Å². The molecule has 0 saturated carbocycles. The number of nitrogens with two attached hydrogens (primary N) is 1. The molecule has 1 unspecified atom stereocenters. The fourth-order valence-electron chi connectivity index (χ4n) is 2.53. The fraction of sp³-hybridized carbons (Fsp3) is 0.786. The Kier molecular flexibility index (Phi) is 5.64. The van der Waals surface area contributed by atoms with E-state index in [-0.39, 0.29) is 5.91 Å². The van der Waals surface area contributed by atoms with Crippen molar-refractivity contribution >= 4 is 5.91 Å². The summed E-state index contributed by atoms with van der Waals surface area (Å²) in [5, 5.41) is 2.99. The summed E-state index contributed by atoms with van der Waals surface area (Å²) in [5.41, 5.74) is 5.21. The van der Waals surface area contributed by atoms with Crippen molar-refractivity contribution in [2.75, 3.05) is 19.6 Å². The van der Waals surface area contributed by atoms with Crippen LogP contribution in [0.4, 0.5) is 0 Å². The maximum atomic E-state index is 12.1. The molecule has 102 valence electrons. The molecule has 0 aliphatic carbocycles. The number of amides is 1. The van der Waals surface area contributed by atoms with E-state index < -0.39 is 5.54 Å². The lowest BCUT2D eigenvalue weighted by atomic mass is 9.94. The van der Waals surface area contributed by atoms with Crippen LogP contribution in [0.5, 0.6) is 0 Å². The van der Waals surface area contributed by atoms with E-state index in [2.05, 4.69) is 16.1 Å². The van der Waals surface area contributed by atoms with Gasteiger partial charge in [0, 0.05) is 12.6 Å². The smallest absolute Gasteiger partial charge is 0.235 e. The van der Waals surface area contributed by atoms with Crippen molar-refractivity contribution < 1.29 is 4.79 Å². The van der Waals surface area contributed by atoms with Gasteiger partial charge in [-0.3, -0.25) is 9.69 Å². The molecule has 1 rings (SSSR count). The molecule has 1 atom stereocenters. The van der Waals surface area contributed by atoms with E-state index in [1.54, 1.807) is 0 Å². The molecule has 4 heteroatoms. The minimum Gasteiger partial charge on any atom is -0.339 e. The van der Waals surface area contributed by atoms with E-state index in [4.69, 9.17) is 12.2 Å². The topological polar surface area (TPSA) is 58.4 Å². The molecule has 0 bridgehead atoms. The van der Waals surface area contributed by atoms with Crippen LogP contribution in [0.15, 0.2) is 0 Å². The van der Waals surface area contributed by atoms with E-state index in [9.17, 15) is 4.79 Å². The van der Waals surface area contributed by atoms with Crippen molar-refractivity contribution in [1.82, 2.24) is 10.2 Å². The molecule has 0 aromatic rings. The highest BCUT2D eigenvalue weighted by molar-refractivity contribution is 5.79. The molecule has 0 aromatic heterocycles. The molecule has 0 spiro atoms. The second kappa shape index (κ2) is 6.77. The molecule has 3 N–H and O–H groups in total. The van der Waals surface area contributed by atoms with Crippen LogP contribution in [0, 0.1) is 12.3 Å². The molecule has 1 fully saturated rings. The van der Waals surface area contributed by atoms with Crippen molar-refractivity contribution in [2.24, 2.45) is 5.73 Å². The van der Waals surface area contributed by atoms with Crippen LogP contribution >= 0.6 is 0 Å². The Hall–Kier alpha value is -1.05. The molecule has 18 heavy (non-hydrogen) atoms. The van der Waals surface area contributed by atoms with E-state index >= 15 is 0 Å². The van der Waals surface area contributed by atoms with Crippen molar-refractivity contribution in [3.8, 4) is 12.3 Å². The maximum Gasteiger partial charge on any atom is 0.235 e. The monoisotopic (exact) mass is 251 g/mol. The van der Waals surface area contributed by atoms with Gasteiger partial charge in [-0.1, -0.05) is 19.8 Å². The van der Waals surface area contributed by atoms with E-state index in [0.717, 1.165) is 32.2 Å². The fourth-order valence-corrected chi connectivity index (χ4v) is 2.53. The number of terminal acetylenes is 1. The Morgan fingerprint density at radius 2 is 2.22 bits per heavy atom. The van der Waals surface area contributed by atoms with Gasteiger partial charge in [-0.15, -0.1) is 6.42 Å². The lowest BCUT2D eigenvalue weighted by Gasteiger charge is -2.29. The van der Waals surface area contributed by atoms with Crippen molar-refractivity contribution in [3.63, 3.8) is 0 Å². The van der Waals surface area contributed by atoms with Gasteiger partial charge in [0.15, 0.2) is 0 Å². The van der Waals surface area contributed by atoms with Gasteiger partial charge in [0.1, 0.15) is 5.54 Å². The number of hydrogen-bond donors (Lipinski definition) is 2. The standard InChI is InChI=1S/C14H25N3O/c1-4-14(5-2,6-3)16-13(18)11-17-9-7-8-12(17)10-15/h1,12H,5-11,15H2,2-3H3,(H,16,18). The van der Waals surface area contributed by atoms with Crippen LogP contribution in [0.3, 0.4) is 0 Å². The van der Waals surface area contributed by atoms with Gasteiger partial charge >= 0.3 is 0 Å². The van der Waals surface area contributed by atoms with Gasteiger partial charge in [-0.2, -0.15) is 0 Å². The number of nitrogens with one attached hydrogen (secondary N) is 1. The Morgan fingerprint density at radius 3 is 2.72 bits per heavy atom. The second-order valence-corrected chi connectivity index (χ2v) is 4.98. The third-order valence-corrected chi connectivity index (χ3v) is 3.98. The third kappa shape index (κ3) is 3.47. The number of nitrogens with zero attached hydrogens (tertiary/aromatic N) is 1. The highest BCUT2D eigenvalue weighted by Gasteiger charge is 2.29. The first-order chi connectivity index (χ1) is 8.60. The van der Waals surface area contributed by atoms with E-state index in [1.165, 1.54) is 0 Å². The normalized spacial score (nSPS) is 20.7. The van der Waals surface area contributed by atoms with E-state index in [0.29, 0.717) is 19.1 Å². The molecule has 1 aliphatic heterocycles. The Bertz CT molecular complexity index is 317. The summed E-state index contributed by atoms with van der Waals surface area (Å²) in [4.78, 5) is 14.2. The Morgan fingerprint density at radius 1 is 1.56 bits per heavy atom.